The summed E-state index contributed by atoms with van der Waals surface area (Å²) < 4.78 is 22.4. The van der Waals surface area contributed by atoms with Crippen molar-refractivity contribution >= 4 is 11.8 Å². The molecule has 0 spiro atoms. The number of benzene rings is 2. The van der Waals surface area contributed by atoms with Crippen molar-refractivity contribution in [1.29, 1.82) is 0 Å². The van der Waals surface area contributed by atoms with Gasteiger partial charge in [0.15, 0.2) is 29.8 Å². The van der Waals surface area contributed by atoms with E-state index >= 15 is 0 Å². The number of nitrogens with zero attached hydrogens (tertiary/aromatic N) is 2. The number of methoxy groups -OCH3 is 2. The first-order chi connectivity index (χ1) is 16.8. The summed E-state index contributed by atoms with van der Waals surface area (Å²) in [6.45, 7) is 0.0485. The van der Waals surface area contributed by atoms with Crippen molar-refractivity contribution in [2.45, 2.75) is 25.7 Å². The van der Waals surface area contributed by atoms with Crippen molar-refractivity contribution in [3.63, 3.8) is 0 Å². The number of ether oxygens (including phenoxy) is 4. The van der Waals surface area contributed by atoms with Gasteiger partial charge in [0.2, 0.25) is 11.8 Å². The summed E-state index contributed by atoms with van der Waals surface area (Å²) >= 11 is 0. The van der Waals surface area contributed by atoms with Crippen LogP contribution in [0.15, 0.2) is 36.4 Å². The molecule has 0 unspecified atom stereocenters. The van der Waals surface area contributed by atoms with Crippen LogP contribution >= 0.6 is 0 Å². The van der Waals surface area contributed by atoms with E-state index in [-0.39, 0.29) is 25.0 Å². The van der Waals surface area contributed by atoms with E-state index in [1.165, 1.54) is 31.5 Å². The minimum Gasteiger partial charge on any atom is -0.493 e. The van der Waals surface area contributed by atoms with Gasteiger partial charge in [-0.3, -0.25) is 19.3 Å². The summed E-state index contributed by atoms with van der Waals surface area (Å²) in [4.78, 5) is 33.9. The second kappa shape index (κ2) is 14.1. The molecule has 10 nitrogen and oxygen atoms in total. The molecule has 0 bridgehead atoms. The average Bonchev–Trinajstić information content (AvgIpc) is 2.89. The summed E-state index contributed by atoms with van der Waals surface area (Å²) in [5.41, 5.74) is 1.80. The molecule has 2 amide bonds. The SMILES string of the molecule is COCOc1ccc(CCC(=O)N(C)OC)cc1Oc1ccc(CCC(=O)N(C)OC)cc1OC. The van der Waals surface area contributed by atoms with Gasteiger partial charge in [0.05, 0.1) is 21.3 Å². The van der Waals surface area contributed by atoms with Gasteiger partial charge in [-0.25, -0.2) is 10.1 Å². The largest absolute Gasteiger partial charge is 0.493 e. The third kappa shape index (κ3) is 8.43. The Kier molecular flexibility index (Phi) is 11.3. The van der Waals surface area contributed by atoms with Gasteiger partial charge in [0, 0.05) is 34.0 Å². The molecule has 2 aromatic rings. The molecule has 2 aromatic carbocycles. The normalized spacial score (nSPS) is 10.6. The Bertz CT molecular complexity index is 982. The van der Waals surface area contributed by atoms with Gasteiger partial charge in [-0.1, -0.05) is 12.1 Å². The highest BCUT2D eigenvalue weighted by molar-refractivity contribution is 5.75. The number of hydroxylamine groups is 4. The lowest BCUT2D eigenvalue weighted by Gasteiger charge is -2.17. The molecule has 0 atom stereocenters. The van der Waals surface area contributed by atoms with Gasteiger partial charge in [0.1, 0.15) is 0 Å². The van der Waals surface area contributed by atoms with Crippen molar-refractivity contribution in [2.24, 2.45) is 0 Å². The maximum absolute atomic E-state index is 12.1. The van der Waals surface area contributed by atoms with Crippen LogP contribution in [0, 0.1) is 0 Å². The Morgan fingerprint density at radius 3 is 1.71 bits per heavy atom. The first kappa shape index (κ1) is 27.9. The summed E-state index contributed by atoms with van der Waals surface area (Å²) in [5.74, 6) is 1.66. The molecule has 0 aliphatic rings. The lowest BCUT2D eigenvalue weighted by molar-refractivity contribution is -0.169. The number of hydrogen-bond donors (Lipinski definition) is 0. The Labute approximate surface area is 206 Å². The Balaban J connectivity index is 2.21. The predicted molar refractivity (Wildman–Crippen MR) is 128 cm³/mol. The van der Waals surface area contributed by atoms with Crippen LogP contribution in [-0.4, -0.2) is 71.3 Å². The van der Waals surface area contributed by atoms with Crippen LogP contribution in [0.3, 0.4) is 0 Å². The van der Waals surface area contributed by atoms with Crippen molar-refractivity contribution in [1.82, 2.24) is 10.1 Å². The standard InChI is InChI=1S/C25H34N2O8/c1-26(32-5)24(28)13-9-18-8-12-21(22(15-18)31-4)35-23-16-19(7-11-20(23)34-17-30-3)10-14-25(29)27(2)33-6/h7-8,11-12,15-16H,9-10,13-14,17H2,1-6H3. The van der Waals surface area contributed by atoms with Crippen LogP contribution in [0.2, 0.25) is 0 Å². The molecule has 0 aliphatic heterocycles. The first-order valence-electron chi connectivity index (χ1n) is 11.0. The second-order valence-corrected chi connectivity index (χ2v) is 7.57. The highest BCUT2D eigenvalue weighted by Gasteiger charge is 2.15. The van der Waals surface area contributed by atoms with Crippen molar-refractivity contribution in [3.8, 4) is 23.0 Å². The van der Waals surface area contributed by atoms with Crippen LogP contribution in [0.4, 0.5) is 0 Å². The molecule has 2 rings (SSSR count). The summed E-state index contributed by atoms with van der Waals surface area (Å²) in [7, 11) is 9.11. The number of rotatable bonds is 14. The molecule has 0 aromatic heterocycles. The highest BCUT2D eigenvalue weighted by atomic mass is 16.7. The van der Waals surface area contributed by atoms with Crippen molar-refractivity contribution < 1.29 is 38.2 Å². The molecule has 35 heavy (non-hydrogen) atoms. The maximum atomic E-state index is 12.1. The van der Waals surface area contributed by atoms with Crippen LogP contribution in [0.5, 0.6) is 23.0 Å². The van der Waals surface area contributed by atoms with Crippen molar-refractivity contribution in [3.05, 3.63) is 47.5 Å². The van der Waals surface area contributed by atoms with Gasteiger partial charge in [-0.15, -0.1) is 0 Å². The van der Waals surface area contributed by atoms with E-state index in [9.17, 15) is 9.59 Å². The molecular formula is C25H34N2O8. The molecule has 0 saturated carbocycles. The molecule has 0 aliphatic carbocycles. The molecule has 0 heterocycles. The molecule has 0 fully saturated rings. The quantitative estimate of drug-likeness (QED) is 0.294. The monoisotopic (exact) mass is 490 g/mol. The minimum atomic E-state index is -0.137. The number of hydrogen-bond acceptors (Lipinski definition) is 8. The number of amides is 2. The third-order valence-corrected chi connectivity index (χ3v) is 5.29. The lowest BCUT2D eigenvalue weighted by Crippen LogP contribution is -2.25. The van der Waals surface area contributed by atoms with E-state index in [2.05, 4.69) is 0 Å². The number of carbonyl (C=O) groups excluding carboxylic acids is 2. The molecule has 0 N–H and O–H groups in total. The molecular weight excluding hydrogens is 456 g/mol. The van der Waals surface area contributed by atoms with E-state index in [1.54, 1.807) is 33.3 Å². The summed E-state index contributed by atoms with van der Waals surface area (Å²) in [6.07, 6.45) is 1.58. The zero-order valence-corrected chi connectivity index (χ0v) is 21.2. The number of carbonyl (C=O) groups is 2. The Hall–Kier alpha value is -3.34. The van der Waals surface area contributed by atoms with Gasteiger partial charge in [-0.2, -0.15) is 0 Å². The van der Waals surface area contributed by atoms with Gasteiger partial charge in [-0.05, 0) is 48.2 Å². The topological polar surface area (TPSA) is 96.0 Å². The third-order valence-electron chi connectivity index (χ3n) is 5.29. The van der Waals surface area contributed by atoms with Gasteiger partial charge >= 0.3 is 0 Å². The molecule has 0 radical (unpaired) electrons. The van der Waals surface area contributed by atoms with Crippen molar-refractivity contribution in [2.75, 3.05) is 49.3 Å². The van der Waals surface area contributed by atoms with Gasteiger partial charge in [0.25, 0.3) is 0 Å². The van der Waals surface area contributed by atoms with E-state index in [4.69, 9.17) is 28.6 Å². The minimum absolute atomic E-state index is 0.0485. The highest BCUT2D eigenvalue weighted by Crippen LogP contribution is 2.38. The predicted octanol–water partition coefficient (Wildman–Crippen LogP) is 3.38. The lowest BCUT2D eigenvalue weighted by atomic mass is 10.1. The molecule has 192 valence electrons. The van der Waals surface area contributed by atoms with Crippen LogP contribution in [0.1, 0.15) is 24.0 Å². The van der Waals surface area contributed by atoms with Gasteiger partial charge < -0.3 is 18.9 Å². The number of aryl methyl sites for hydroxylation is 2. The van der Waals surface area contributed by atoms with E-state index in [1.807, 2.05) is 24.3 Å². The molecule has 0 saturated heterocycles. The van der Waals surface area contributed by atoms with Crippen LogP contribution in [0.25, 0.3) is 0 Å². The van der Waals surface area contributed by atoms with E-state index in [0.29, 0.717) is 42.3 Å². The van der Waals surface area contributed by atoms with Crippen LogP contribution in [-0.2, 0) is 36.8 Å². The fraction of sp³-hybridized carbons (Fsp3) is 0.440. The zero-order valence-electron chi connectivity index (χ0n) is 21.2. The Morgan fingerprint density at radius 2 is 1.23 bits per heavy atom. The van der Waals surface area contributed by atoms with E-state index in [0.717, 1.165) is 11.1 Å². The fourth-order valence-electron chi connectivity index (χ4n) is 3.12. The molecule has 10 heteroatoms. The van der Waals surface area contributed by atoms with Crippen LogP contribution < -0.4 is 14.2 Å². The smallest absolute Gasteiger partial charge is 0.246 e. The second-order valence-electron chi connectivity index (χ2n) is 7.57. The summed E-state index contributed by atoms with van der Waals surface area (Å²) in [5, 5.41) is 2.39. The zero-order chi connectivity index (χ0) is 25.8. The average molecular weight is 491 g/mol. The first-order valence-corrected chi connectivity index (χ1v) is 11.0. The van der Waals surface area contributed by atoms with E-state index < -0.39 is 0 Å². The summed E-state index contributed by atoms with van der Waals surface area (Å²) in [6, 6.07) is 10.9. The Morgan fingerprint density at radius 1 is 0.714 bits per heavy atom. The fourth-order valence-corrected chi connectivity index (χ4v) is 3.12. The maximum Gasteiger partial charge on any atom is 0.246 e.